The van der Waals surface area contributed by atoms with E-state index >= 15 is 0 Å². The van der Waals surface area contributed by atoms with Gasteiger partial charge in [0.15, 0.2) is 5.75 Å². The van der Waals surface area contributed by atoms with Crippen LogP contribution in [0.4, 0.5) is 23.2 Å². The van der Waals surface area contributed by atoms with E-state index in [9.17, 15) is 27.2 Å². The smallest absolute Gasteiger partial charge is 0.387 e. The van der Waals surface area contributed by atoms with E-state index in [2.05, 4.69) is 26.2 Å². The summed E-state index contributed by atoms with van der Waals surface area (Å²) in [5.41, 5.74) is 4.16. The summed E-state index contributed by atoms with van der Waals surface area (Å²) in [6.45, 7) is -3.27. The number of nitrogens with one attached hydrogen (secondary N) is 4. The highest BCUT2D eigenvalue weighted by molar-refractivity contribution is 6.37. The summed E-state index contributed by atoms with van der Waals surface area (Å²) < 4.78 is 55.7. The molecule has 2 aliphatic rings. The monoisotopic (exact) mass is 424 g/mol. The number of amides is 2. The van der Waals surface area contributed by atoms with Gasteiger partial charge in [0.25, 0.3) is 11.8 Å². The lowest BCUT2D eigenvalue weighted by Gasteiger charge is -2.17. The summed E-state index contributed by atoms with van der Waals surface area (Å²) in [7, 11) is 1.53. The number of guanidine groups is 1. The van der Waals surface area contributed by atoms with Crippen molar-refractivity contribution in [3.63, 3.8) is 0 Å². The van der Waals surface area contributed by atoms with Crippen molar-refractivity contribution >= 4 is 35.1 Å². The number of hydrazine groups is 2. The van der Waals surface area contributed by atoms with Crippen LogP contribution in [-0.4, -0.2) is 42.4 Å². The quantitative estimate of drug-likeness (QED) is 0.534. The molecule has 0 saturated heterocycles. The second kappa shape index (κ2) is 7.31. The number of benzene rings is 1. The zero-order valence-corrected chi connectivity index (χ0v) is 14.8. The molecule has 0 bridgehead atoms. The van der Waals surface area contributed by atoms with Gasteiger partial charge in [-0.05, 0) is 12.1 Å². The minimum Gasteiger partial charge on any atom is -0.433 e. The average Bonchev–Trinajstić information content (AvgIpc) is 3.06. The number of hydrogen-bond donors (Lipinski definition) is 4. The molecule has 1 atom stereocenters. The van der Waals surface area contributed by atoms with Crippen molar-refractivity contribution < 1.29 is 31.9 Å². The first-order valence-corrected chi connectivity index (χ1v) is 8.07. The Morgan fingerprint density at radius 3 is 2.61 bits per heavy atom. The van der Waals surface area contributed by atoms with Crippen LogP contribution in [0.1, 0.15) is 16.8 Å². The fraction of sp³-hybridized carbons (Fsp3) is 0.357. The number of ether oxygens (including phenoxy) is 1. The summed E-state index contributed by atoms with van der Waals surface area (Å²) in [4.78, 5) is 24.4. The van der Waals surface area contributed by atoms with Gasteiger partial charge in [-0.1, -0.05) is 11.6 Å². The molecule has 4 N–H and O–H groups in total. The maximum atomic E-state index is 13.1. The Hall–Kier alpha value is -2.80. The van der Waals surface area contributed by atoms with Crippen LogP contribution in [0.5, 0.6) is 5.75 Å². The Balaban J connectivity index is 1.87. The third kappa shape index (κ3) is 4.04. The standard InChI is InChI=1S/C14H13ClF4N6O3/c1-25-13(22-23-24-25)21-10(26)5-2-3-7(28-12(16)17)9(8(5)15)20-11(27)6-4-14(6,18)19/h2-3,6,12,23-24H,4H2,1H3,(H,20,27)(H,21,22,26). The van der Waals surface area contributed by atoms with E-state index in [0.717, 1.165) is 12.1 Å². The Bertz CT molecular complexity index is 853. The van der Waals surface area contributed by atoms with Crippen molar-refractivity contribution in [3.05, 3.63) is 22.7 Å². The maximum Gasteiger partial charge on any atom is 0.387 e. The molecule has 152 valence electrons. The predicted octanol–water partition coefficient (Wildman–Crippen LogP) is 1.49. The van der Waals surface area contributed by atoms with E-state index in [1.807, 2.05) is 5.32 Å². The van der Waals surface area contributed by atoms with Crippen molar-refractivity contribution in [2.75, 3.05) is 12.4 Å². The highest BCUT2D eigenvalue weighted by Crippen LogP contribution is 2.49. The highest BCUT2D eigenvalue weighted by Gasteiger charge is 2.61. The minimum atomic E-state index is -3.27. The van der Waals surface area contributed by atoms with Crippen molar-refractivity contribution in [2.24, 2.45) is 11.0 Å². The number of rotatable bonds is 5. The third-order valence-corrected chi connectivity index (χ3v) is 4.27. The molecule has 14 heteroatoms. The van der Waals surface area contributed by atoms with Crippen molar-refractivity contribution in [3.8, 4) is 5.75 Å². The molecule has 1 aliphatic carbocycles. The third-order valence-electron chi connectivity index (χ3n) is 3.88. The van der Waals surface area contributed by atoms with Crippen LogP contribution in [0.15, 0.2) is 17.2 Å². The molecule has 1 saturated carbocycles. The molecule has 1 unspecified atom stereocenters. The van der Waals surface area contributed by atoms with Gasteiger partial charge < -0.3 is 10.1 Å². The average molecular weight is 425 g/mol. The van der Waals surface area contributed by atoms with Gasteiger partial charge in [-0.25, -0.2) is 14.3 Å². The van der Waals surface area contributed by atoms with Gasteiger partial charge in [-0.15, -0.1) is 10.6 Å². The van der Waals surface area contributed by atoms with E-state index in [4.69, 9.17) is 11.6 Å². The number of nitrogens with zero attached hydrogens (tertiary/aromatic N) is 2. The largest absolute Gasteiger partial charge is 0.433 e. The second-order valence-corrected chi connectivity index (χ2v) is 6.24. The van der Waals surface area contributed by atoms with Gasteiger partial charge in [-0.3, -0.25) is 19.9 Å². The van der Waals surface area contributed by atoms with Gasteiger partial charge in [0, 0.05) is 13.5 Å². The van der Waals surface area contributed by atoms with Crippen LogP contribution in [0.3, 0.4) is 0 Å². The Morgan fingerprint density at radius 1 is 1.39 bits per heavy atom. The van der Waals surface area contributed by atoms with Crippen LogP contribution in [-0.2, 0) is 4.79 Å². The number of halogens is 5. The first-order valence-electron chi connectivity index (χ1n) is 7.69. The van der Waals surface area contributed by atoms with Crippen molar-refractivity contribution in [2.45, 2.75) is 19.0 Å². The topological polar surface area (TPSA) is 107 Å². The van der Waals surface area contributed by atoms with Crippen LogP contribution in [0.25, 0.3) is 0 Å². The van der Waals surface area contributed by atoms with Crippen LogP contribution in [0, 0.1) is 5.92 Å². The van der Waals surface area contributed by atoms with Crippen LogP contribution in [0.2, 0.25) is 5.02 Å². The van der Waals surface area contributed by atoms with Gasteiger partial charge in [-0.2, -0.15) is 8.78 Å². The molecule has 1 aromatic rings. The van der Waals surface area contributed by atoms with Gasteiger partial charge in [0.1, 0.15) is 11.6 Å². The van der Waals surface area contributed by atoms with Crippen LogP contribution < -0.4 is 26.4 Å². The Morgan fingerprint density at radius 2 is 2.07 bits per heavy atom. The van der Waals surface area contributed by atoms with Crippen LogP contribution >= 0.6 is 11.6 Å². The number of hydrazone groups is 1. The Labute approximate surface area is 160 Å². The highest BCUT2D eigenvalue weighted by atomic mass is 35.5. The molecule has 3 rings (SSSR count). The van der Waals surface area contributed by atoms with Gasteiger partial charge in [0.2, 0.25) is 11.9 Å². The zero-order chi connectivity index (χ0) is 20.6. The summed E-state index contributed by atoms with van der Waals surface area (Å²) >= 11 is 6.08. The molecule has 1 aliphatic heterocycles. The molecular weight excluding hydrogens is 412 g/mol. The van der Waals surface area contributed by atoms with Crippen molar-refractivity contribution in [1.82, 2.24) is 21.4 Å². The molecule has 0 radical (unpaired) electrons. The fourth-order valence-electron chi connectivity index (χ4n) is 2.31. The fourth-order valence-corrected chi connectivity index (χ4v) is 2.60. The van der Waals surface area contributed by atoms with Gasteiger partial charge in [0.05, 0.1) is 10.6 Å². The SMILES string of the molecule is CN1NNN=C1NC(=O)c1ccc(OC(F)F)c(NC(=O)C2CC2(F)F)c1Cl. The molecule has 28 heavy (non-hydrogen) atoms. The van der Waals surface area contributed by atoms with E-state index in [1.165, 1.54) is 12.1 Å². The number of hydrogen-bond acceptors (Lipinski definition) is 7. The molecule has 9 nitrogen and oxygen atoms in total. The van der Waals surface area contributed by atoms with Gasteiger partial charge >= 0.3 is 6.61 Å². The zero-order valence-electron chi connectivity index (χ0n) is 14.0. The van der Waals surface area contributed by atoms with E-state index in [0.29, 0.717) is 0 Å². The van der Waals surface area contributed by atoms with E-state index in [1.54, 1.807) is 0 Å². The lowest BCUT2D eigenvalue weighted by atomic mass is 10.1. The molecule has 1 aromatic carbocycles. The molecule has 0 spiro atoms. The molecular formula is C14H13ClF4N6O3. The summed E-state index contributed by atoms with van der Waals surface area (Å²) in [5.74, 6) is -7.22. The molecule has 1 fully saturated rings. The first-order chi connectivity index (χ1) is 13.1. The number of alkyl halides is 4. The first kappa shape index (κ1) is 19.9. The summed E-state index contributed by atoms with van der Waals surface area (Å²) in [5, 5.41) is 9.00. The number of carbonyl (C=O) groups excluding carboxylic acids is 2. The van der Waals surface area contributed by atoms with Crippen molar-refractivity contribution in [1.29, 1.82) is 0 Å². The number of carbonyl (C=O) groups is 2. The molecule has 2 amide bonds. The lowest BCUT2D eigenvalue weighted by molar-refractivity contribution is -0.119. The second-order valence-electron chi connectivity index (χ2n) is 5.86. The summed E-state index contributed by atoms with van der Waals surface area (Å²) in [6.07, 6.45) is -0.673. The van der Waals surface area contributed by atoms with E-state index in [-0.39, 0.29) is 11.5 Å². The lowest BCUT2D eigenvalue weighted by Crippen LogP contribution is -2.45. The minimum absolute atomic E-state index is 0.0668. The maximum absolute atomic E-state index is 13.1. The normalized spacial score (nSPS) is 19.8. The number of anilines is 1. The van der Waals surface area contributed by atoms with E-state index < -0.39 is 53.1 Å². The predicted molar refractivity (Wildman–Crippen MR) is 88.7 cm³/mol. The molecule has 1 heterocycles. The summed E-state index contributed by atoms with van der Waals surface area (Å²) in [6, 6.07) is 2.04. The molecule has 0 aromatic heterocycles. The Kier molecular flexibility index (Phi) is 5.21.